The molecule has 0 radical (unpaired) electrons. The Morgan fingerprint density at radius 2 is 2.18 bits per heavy atom. The maximum absolute atomic E-state index is 11.9. The monoisotopic (exact) mass is 297 g/mol. The molecule has 1 aliphatic carbocycles. The molecule has 0 saturated heterocycles. The first-order chi connectivity index (χ1) is 8.10. The van der Waals surface area contributed by atoms with E-state index in [-0.39, 0.29) is 5.91 Å². The van der Waals surface area contributed by atoms with E-state index >= 15 is 0 Å². The predicted molar refractivity (Wildman–Crippen MR) is 70.3 cm³/mol. The molecule has 0 heterocycles. The van der Waals surface area contributed by atoms with E-state index in [0.717, 1.165) is 29.0 Å². The zero-order valence-corrected chi connectivity index (χ0v) is 11.6. The molecule has 0 unspecified atom stereocenters. The van der Waals surface area contributed by atoms with Crippen LogP contribution in [0.5, 0.6) is 5.75 Å². The fourth-order valence-corrected chi connectivity index (χ4v) is 2.64. The lowest BCUT2D eigenvalue weighted by Crippen LogP contribution is -2.43. The number of carbonyl (C=O) groups is 1. The highest BCUT2D eigenvalue weighted by molar-refractivity contribution is 9.10. The fraction of sp³-hybridized carbons (Fsp3) is 0.462. The van der Waals surface area contributed by atoms with Gasteiger partial charge in [0.2, 0.25) is 0 Å². The van der Waals surface area contributed by atoms with Crippen LogP contribution in [0.15, 0.2) is 22.7 Å². The van der Waals surface area contributed by atoms with E-state index in [1.165, 1.54) is 0 Å². The molecule has 17 heavy (non-hydrogen) atoms. The minimum absolute atomic E-state index is 0.00902. The Morgan fingerprint density at radius 3 is 2.71 bits per heavy atom. The van der Waals surface area contributed by atoms with E-state index in [9.17, 15) is 4.79 Å². The summed E-state index contributed by atoms with van der Waals surface area (Å²) in [5, 5.41) is 3.03. The maximum Gasteiger partial charge on any atom is 0.251 e. The molecule has 0 atom stereocenters. The predicted octanol–water partition coefficient (Wildman–Crippen LogP) is 2.99. The standard InChI is InChI=1S/C13H16BrNO2/c1-8-5-10(6-8)15-13(16)9-3-4-12(17-2)11(14)7-9/h3-4,7-8,10H,5-6H2,1-2H3,(H,15,16). The molecule has 0 spiro atoms. The van der Waals surface area contributed by atoms with Crippen molar-refractivity contribution < 1.29 is 9.53 Å². The van der Waals surface area contributed by atoms with Crippen LogP contribution in [0.25, 0.3) is 0 Å². The van der Waals surface area contributed by atoms with Gasteiger partial charge in [-0.25, -0.2) is 0 Å². The van der Waals surface area contributed by atoms with Crippen molar-refractivity contribution in [2.45, 2.75) is 25.8 Å². The summed E-state index contributed by atoms with van der Waals surface area (Å²) in [4.78, 5) is 11.9. The van der Waals surface area contributed by atoms with Crippen LogP contribution in [0.2, 0.25) is 0 Å². The SMILES string of the molecule is COc1ccc(C(=O)NC2CC(C)C2)cc1Br. The van der Waals surface area contributed by atoms with Crippen LogP contribution in [-0.4, -0.2) is 19.1 Å². The number of benzene rings is 1. The zero-order valence-electron chi connectivity index (χ0n) is 10.00. The molecule has 1 aromatic rings. The number of hydrogen-bond donors (Lipinski definition) is 1. The molecule has 1 aromatic carbocycles. The lowest BCUT2D eigenvalue weighted by Gasteiger charge is -2.33. The molecule has 1 N–H and O–H groups in total. The second-order valence-electron chi connectivity index (χ2n) is 4.60. The van der Waals surface area contributed by atoms with Gasteiger partial charge in [-0.15, -0.1) is 0 Å². The average Bonchev–Trinajstić information content (AvgIpc) is 2.26. The van der Waals surface area contributed by atoms with E-state index in [1.807, 2.05) is 0 Å². The number of ether oxygens (including phenoxy) is 1. The Hall–Kier alpha value is -1.03. The Balaban J connectivity index is 2.01. The molecule has 2 rings (SSSR count). The topological polar surface area (TPSA) is 38.3 Å². The van der Waals surface area contributed by atoms with E-state index in [4.69, 9.17) is 4.74 Å². The second kappa shape index (κ2) is 5.08. The van der Waals surface area contributed by atoms with Gasteiger partial charge in [-0.2, -0.15) is 0 Å². The summed E-state index contributed by atoms with van der Waals surface area (Å²) in [6.45, 7) is 2.20. The van der Waals surface area contributed by atoms with E-state index in [2.05, 4.69) is 28.2 Å². The lowest BCUT2D eigenvalue weighted by atomic mass is 9.82. The molecule has 1 saturated carbocycles. The molecule has 0 aliphatic heterocycles. The summed E-state index contributed by atoms with van der Waals surface area (Å²) in [7, 11) is 1.61. The largest absolute Gasteiger partial charge is 0.496 e. The molecule has 3 nitrogen and oxygen atoms in total. The van der Waals surface area contributed by atoms with E-state index < -0.39 is 0 Å². The van der Waals surface area contributed by atoms with Gasteiger partial charge >= 0.3 is 0 Å². The second-order valence-corrected chi connectivity index (χ2v) is 5.45. The van der Waals surface area contributed by atoms with Crippen molar-refractivity contribution in [3.8, 4) is 5.75 Å². The summed E-state index contributed by atoms with van der Waals surface area (Å²) in [5.74, 6) is 1.46. The summed E-state index contributed by atoms with van der Waals surface area (Å²) in [5.41, 5.74) is 0.664. The van der Waals surface area contributed by atoms with Gasteiger partial charge in [0.15, 0.2) is 0 Å². The highest BCUT2D eigenvalue weighted by atomic mass is 79.9. The quantitative estimate of drug-likeness (QED) is 0.931. The third-order valence-corrected chi connectivity index (χ3v) is 3.74. The van der Waals surface area contributed by atoms with Gasteiger partial charge < -0.3 is 10.1 Å². The first-order valence-electron chi connectivity index (χ1n) is 5.74. The smallest absolute Gasteiger partial charge is 0.251 e. The fourth-order valence-electron chi connectivity index (χ4n) is 2.10. The Labute approximate surface area is 110 Å². The van der Waals surface area contributed by atoms with Crippen LogP contribution in [0.4, 0.5) is 0 Å². The molecule has 1 fully saturated rings. The Morgan fingerprint density at radius 1 is 1.47 bits per heavy atom. The third-order valence-electron chi connectivity index (χ3n) is 3.12. The number of amides is 1. The number of nitrogens with one attached hydrogen (secondary N) is 1. The van der Waals surface area contributed by atoms with Crippen molar-refractivity contribution in [3.63, 3.8) is 0 Å². The van der Waals surface area contributed by atoms with Crippen LogP contribution in [0.3, 0.4) is 0 Å². The van der Waals surface area contributed by atoms with Gasteiger partial charge in [0, 0.05) is 11.6 Å². The van der Waals surface area contributed by atoms with Crippen LogP contribution in [0, 0.1) is 5.92 Å². The number of hydrogen-bond acceptors (Lipinski definition) is 2. The highest BCUT2D eigenvalue weighted by Crippen LogP contribution is 2.28. The van der Waals surface area contributed by atoms with E-state index in [1.54, 1.807) is 25.3 Å². The molecule has 4 heteroatoms. The van der Waals surface area contributed by atoms with Gasteiger partial charge in [-0.3, -0.25) is 4.79 Å². The minimum Gasteiger partial charge on any atom is -0.496 e. The van der Waals surface area contributed by atoms with Gasteiger partial charge in [-0.1, -0.05) is 6.92 Å². The number of methoxy groups -OCH3 is 1. The molecule has 0 aromatic heterocycles. The first kappa shape index (κ1) is 12.4. The third kappa shape index (κ3) is 2.80. The Kier molecular flexibility index (Phi) is 3.72. The van der Waals surface area contributed by atoms with Gasteiger partial charge in [-0.05, 0) is 52.9 Å². The van der Waals surface area contributed by atoms with Gasteiger partial charge in [0.1, 0.15) is 5.75 Å². The van der Waals surface area contributed by atoms with Crippen LogP contribution >= 0.6 is 15.9 Å². The van der Waals surface area contributed by atoms with Crippen LogP contribution in [0.1, 0.15) is 30.1 Å². The number of carbonyl (C=O) groups excluding carboxylic acids is 1. The molecule has 1 amide bonds. The Bertz CT molecular complexity index is 427. The first-order valence-corrected chi connectivity index (χ1v) is 6.54. The molecular weight excluding hydrogens is 282 g/mol. The van der Waals surface area contributed by atoms with Crippen molar-refractivity contribution in [1.82, 2.24) is 5.32 Å². The van der Waals surface area contributed by atoms with E-state index in [0.29, 0.717) is 11.6 Å². The van der Waals surface area contributed by atoms with Crippen molar-refractivity contribution in [3.05, 3.63) is 28.2 Å². The number of rotatable bonds is 3. The molecular formula is C13H16BrNO2. The van der Waals surface area contributed by atoms with Crippen molar-refractivity contribution in [2.24, 2.45) is 5.92 Å². The molecule has 0 bridgehead atoms. The summed E-state index contributed by atoms with van der Waals surface area (Å²) in [6, 6.07) is 5.71. The van der Waals surface area contributed by atoms with Crippen molar-refractivity contribution >= 4 is 21.8 Å². The van der Waals surface area contributed by atoms with Gasteiger partial charge in [0.05, 0.1) is 11.6 Å². The number of halogens is 1. The highest BCUT2D eigenvalue weighted by Gasteiger charge is 2.26. The van der Waals surface area contributed by atoms with Crippen molar-refractivity contribution in [2.75, 3.05) is 7.11 Å². The molecule has 1 aliphatic rings. The summed E-state index contributed by atoms with van der Waals surface area (Å²) >= 11 is 3.38. The van der Waals surface area contributed by atoms with Crippen LogP contribution < -0.4 is 10.1 Å². The molecule has 92 valence electrons. The minimum atomic E-state index is -0.00902. The maximum atomic E-state index is 11.9. The lowest BCUT2D eigenvalue weighted by molar-refractivity contribution is 0.0896. The average molecular weight is 298 g/mol. The normalized spacial score (nSPS) is 22.8. The van der Waals surface area contributed by atoms with Crippen molar-refractivity contribution in [1.29, 1.82) is 0 Å². The zero-order chi connectivity index (χ0) is 12.4. The summed E-state index contributed by atoms with van der Waals surface area (Å²) < 4.78 is 5.93. The van der Waals surface area contributed by atoms with Crippen LogP contribution in [-0.2, 0) is 0 Å². The summed E-state index contributed by atoms with van der Waals surface area (Å²) in [6.07, 6.45) is 2.17. The van der Waals surface area contributed by atoms with Gasteiger partial charge in [0.25, 0.3) is 5.91 Å².